The Balaban J connectivity index is 2.13. The fourth-order valence-electron chi connectivity index (χ4n) is 1.66. The van der Waals surface area contributed by atoms with Gasteiger partial charge in [0.25, 0.3) is 5.91 Å². The Labute approximate surface area is 121 Å². The number of aromatic nitrogens is 1. The number of rotatable bonds is 4. The first-order valence-corrected chi connectivity index (χ1v) is 7.09. The van der Waals surface area contributed by atoms with Crippen molar-refractivity contribution in [2.24, 2.45) is 0 Å². The number of benzene rings is 1. The van der Waals surface area contributed by atoms with Crippen molar-refractivity contribution < 1.29 is 9.18 Å². The molecule has 0 aliphatic carbocycles. The van der Waals surface area contributed by atoms with Gasteiger partial charge in [0, 0.05) is 11.4 Å². The zero-order valence-corrected chi connectivity index (χ0v) is 12.3. The van der Waals surface area contributed by atoms with Crippen molar-refractivity contribution in [2.75, 3.05) is 12.4 Å². The molecule has 2 rings (SSSR count). The second-order valence-electron chi connectivity index (χ2n) is 4.53. The number of halogens is 1. The standard InChI is InChI=1S/C14H16FN3OS/c1-8-4-5-10(11(15)6-8)13(19)18-14-17-12(7-20-14)9(2)16-3/h4-7,9,16H,1-3H3,(H,17,18,19). The highest BCUT2D eigenvalue weighted by Crippen LogP contribution is 2.21. The van der Waals surface area contributed by atoms with E-state index in [9.17, 15) is 9.18 Å². The van der Waals surface area contributed by atoms with Crippen LogP contribution in [0.3, 0.4) is 0 Å². The van der Waals surface area contributed by atoms with Crippen LogP contribution in [0.15, 0.2) is 23.6 Å². The first-order chi connectivity index (χ1) is 9.51. The highest BCUT2D eigenvalue weighted by Gasteiger charge is 2.14. The van der Waals surface area contributed by atoms with Crippen LogP contribution in [-0.4, -0.2) is 17.9 Å². The smallest absolute Gasteiger partial charge is 0.260 e. The quantitative estimate of drug-likeness (QED) is 0.910. The van der Waals surface area contributed by atoms with Crippen molar-refractivity contribution >= 4 is 22.4 Å². The van der Waals surface area contributed by atoms with Gasteiger partial charge in [-0.3, -0.25) is 10.1 Å². The summed E-state index contributed by atoms with van der Waals surface area (Å²) >= 11 is 1.32. The first-order valence-electron chi connectivity index (χ1n) is 6.21. The van der Waals surface area contributed by atoms with Gasteiger partial charge < -0.3 is 5.32 Å². The van der Waals surface area contributed by atoms with Gasteiger partial charge >= 0.3 is 0 Å². The van der Waals surface area contributed by atoms with Gasteiger partial charge in [-0.05, 0) is 38.6 Å². The largest absolute Gasteiger partial charge is 0.312 e. The lowest BCUT2D eigenvalue weighted by Crippen LogP contribution is -2.15. The van der Waals surface area contributed by atoms with Crippen molar-refractivity contribution in [1.82, 2.24) is 10.3 Å². The third-order valence-corrected chi connectivity index (χ3v) is 3.76. The normalized spacial score (nSPS) is 12.2. The van der Waals surface area contributed by atoms with E-state index in [1.54, 1.807) is 13.0 Å². The first kappa shape index (κ1) is 14.6. The van der Waals surface area contributed by atoms with E-state index in [0.29, 0.717) is 5.13 Å². The van der Waals surface area contributed by atoms with Crippen LogP contribution in [0.25, 0.3) is 0 Å². The molecule has 20 heavy (non-hydrogen) atoms. The molecule has 6 heteroatoms. The molecule has 1 atom stereocenters. The molecule has 0 fully saturated rings. The average Bonchev–Trinajstić information content (AvgIpc) is 2.86. The molecular weight excluding hydrogens is 277 g/mol. The van der Waals surface area contributed by atoms with Crippen LogP contribution in [0.1, 0.15) is 34.6 Å². The molecule has 1 aromatic heterocycles. The Kier molecular flexibility index (Phi) is 4.46. The van der Waals surface area contributed by atoms with Crippen molar-refractivity contribution in [3.05, 3.63) is 46.2 Å². The maximum atomic E-state index is 13.7. The molecule has 1 unspecified atom stereocenters. The topological polar surface area (TPSA) is 54.0 Å². The fraction of sp³-hybridized carbons (Fsp3) is 0.286. The predicted molar refractivity (Wildman–Crippen MR) is 78.7 cm³/mol. The number of nitrogens with zero attached hydrogens (tertiary/aromatic N) is 1. The van der Waals surface area contributed by atoms with Crippen LogP contribution in [0.5, 0.6) is 0 Å². The minimum absolute atomic E-state index is 0.0222. The molecule has 2 aromatic rings. The Morgan fingerprint density at radius 2 is 2.20 bits per heavy atom. The van der Waals surface area contributed by atoms with Gasteiger partial charge in [-0.1, -0.05) is 6.07 Å². The molecule has 4 nitrogen and oxygen atoms in total. The molecule has 1 heterocycles. The summed E-state index contributed by atoms with van der Waals surface area (Å²) in [6, 6.07) is 4.62. The molecule has 2 N–H and O–H groups in total. The molecular formula is C14H16FN3OS. The summed E-state index contributed by atoms with van der Waals surface area (Å²) in [7, 11) is 1.84. The second-order valence-corrected chi connectivity index (χ2v) is 5.38. The summed E-state index contributed by atoms with van der Waals surface area (Å²) < 4.78 is 13.7. The van der Waals surface area contributed by atoms with Crippen LogP contribution in [0.4, 0.5) is 9.52 Å². The van der Waals surface area contributed by atoms with E-state index in [2.05, 4.69) is 15.6 Å². The molecule has 0 radical (unpaired) electrons. The zero-order valence-electron chi connectivity index (χ0n) is 11.5. The SMILES string of the molecule is CNC(C)c1csc(NC(=O)c2ccc(C)cc2F)n1. The molecule has 0 saturated heterocycles. The van der Waals surface area contributed by atoms with E-state index in [4.69, 9.17) is 0 Å². The van der Waals surface area contributed by atoms with E-state index in [1.165, 1.54) is 23.5 Å². The van der Waals surface area contributed by atoms with Gasteiger partial charge in [0.15, 0.2) is 5.13 Å². The van der Waals surface area contributed by atoms with Crippen molar-refractivity contribution in [3.63, 3.8) is 0 Å². The van der Waals surface area contributed by atoms with E-state index in [-0.39, 0.29) is 11.6 Å². The number of nitrogens with one attached hydrogen (secondary N) is 2. The highest BCUT2D eigenvalue weighted by atomic mass is 32.1. The van der Waals surface area contributed by atoms with Crippen molar-refractivity contribution in [1.29, 1.82) is 0 Å². The molecule has 0 saturated carbocycles. The van der Waals surface area contributed by atoms with Gasteiger partial charge in [-0.25, -0.2) is 9.37 Å². The number of amides is 1. The van der Waals surface area contributed by atoms with Crippen LogP contribution >= 0.6 is 11.3 Å². The lowest BCUT2D eigenvalue weighted by molar-refractivity contribution is 0.102. The Hall–Kier alpha value is -1.79. The van der Waals surface area contributed by atoms with E-state index in [0.717, 1.165) is 11.3 Å². The summed E-state index contributed by atoms with van der Waals surface area (Å²) in [6.07, 6.45) is 0. The van der Waals surface area contributed by atoms with Crippen molar-refractivity contribution in [2.45, 2.75) is 19.9 Å². The van der Waals surface area contributed by atoms with E-state index < -0.39 is 11.7 Å². The predicted octanol–water partition coefficient (Wildman–Crippen LogP) is 3.12. The molecule has 0 bridgehead atoms. The number of carbonyl (C=O) groups excluding carboxylic acids is 1. The number of thiazole rings is 1. The van der Waals surface area contributed by atoms with E-state index >= 15 is 0 Å². The maximum absolute atomic E-state index is 13.7. The minimum Gasteiger partial charge on any atom is -0.312 e. The molecule has 1 amide bonds. The van der Waals surface area contributed by atoms with Crippen molar-refractivity contribution in [3.8, 4) is 0 Å². The number of hydrogen-bond acceptors (Lipinski definition) is 4. The third-order valence-electron chi connectivity index (χ3n) is 2.99. The summed E-state index contributed by atoms with van der Waals surface area (Å²) in [5.74, 6) is -1.01. The minimum atomic E-state index is -0.525. The molecule has 0 aliphatic rings. The second kappa shape index (κ2) is 6.11. The third kappa shape index (κ3) is 3.20. The summed E-state index contributed by atoms with van der Waals surface area (Å²) in [4.78, 5) is 16.3. The average molecular weight is 293 g/mol. The summed E-state index contributed by atoms with van der Waals surface area (Å²) in [5, 5.41) is 8.01. The zero-order chi connectivity index (χ0) is 14.7. The molecule has 1 aromatic carbocycles. The van der Waals surface area contributed by atoms with Gasteiger partial charge in [-0.2, -0.15) is 0 Å². The Bertz CT molecular complexity index is 627. The van der Waals surface area contributed by atoms with Crippen LogP contribution < -0.4 is 10.6 Å². The van der Waals surface area contributed by atoms with Crippen LogP contribution in [0.2, 0.25) is 0 Å². The lowest BCUT2D eigenvalue weighted by Gasteiger charge is -2.06. The summed E-state index contributed by atoms with van der Waals surface area (Å²) in [5.41, 5.74) is 1.64. The van der Waals surface area contributed by atoms with Crippen LogP contribution in [-0.2, 0) is 0 Å². The fourth-order valence-corrected chi connectivity index (χ4v) is 2.46. The lowest BCUT2D eigenvalue weighted by atomic mass is 10.1. The molecule has 0 spiro atoms. The highest BCUT2D eigenvalue weighted by molar-refractivity contribution is 7.14. The Morgan fingerprint density at radius 3 is 2.85 bits per heavy atom. The number of aryl methyl sites for hydroxylation is 1. The maximum Gasteiger partial charge on any atom is 0.260 e. The van der Waals surface area contributed by atoms with E-state index in [1.807, 2.05) is 19.4 Å². The molecule has 106 valence electrons. The van der Waals surface area contributed by atoms with Gasteiger partial charge in [-0.15, -0.1) is 11.3 Å². The number of hydrogen-bond donors (Lipinski definition) is 2. The monoisotopic (exact) mass is 293 g/mol. The number of anilines is 1. The van der Waals surface area contributed by atoms with Gasteiger partial charge in [0.05, 0.1) is 11.3 Å². The Morgan fingerprint density at radius 1 is 1.45 bits per heavy atom. The van der Waals surface area contributed by atoms with Gasteiger partial charge in [0.2, 0.25) is 0 Å². The number of carbonyl (C=O) groups is 1. The van der Waals surface area contributed by atoms with Gasteiger partial charge in [0.1, 0.15) is 5.82 Å². The van der Waals surface area contributed by atoms with Crippen LogP contribution in [0, 0.1) is 12.7 Å². The summed E-state index contributed by atoms with van der Waals surface area (Å²) in [6.45, 7) is 3.75. The molecule has 0 aliphatic heterocycles.